The van der Waals surface area contributed by atoms with Gasteiger partial charge in [-0.2, -0.15) is 0 Å². The molecule has 1 fully saturated rings. The zero-order chi connectivity index (χ0) is 11.9. The second kappa shape index (κ2) is 4.09. The number of benzene rings is 1. The quantitative estimate of drug-likeness (QED) is 0.730. The molecule has 0 aromatic heterocycles. The van der Waals surface area contributed by atoms with Crippen molar-refractivity contribution >= 4 is 0 Å². The van der Waals surface area contributed by atoms with Crippen molar-refractivity contribution in [3.8, 4) is 0 Å². The van der Waals surface area contributed by atoms with Crippen LogP contribution in [-0.2, 0) is 11.8 Å². The summed E-state index contributed by atoms with van der Waals surface area (Å²) in [7, 11) is 0. The minimum atomic E-state index is -0.280. The van der Waals surface area contributed by atoms with Crippen LogP contribution >= 0.6 is 0 Å². The summed E-state index contributed by atoms with van der Waals surface area (Å²) in [6.45, 7) is 0. The number of halogens is 1. The average Bonchev–Trinajstić information content (AvgIpc) is 2.36. The monoisotopic (exact) mass is 234 g/mol. The first-order valence-electron chi connectivity index (χ1n) is 6.70. The van der Waals surface area contributed by atoms with Crippen molar-refractivity contribution in [1.29, 1.82) is 0 Å². The number of rotatable bonds is 0. The van der Waals surface area contributed by atoms with Gasteiger partial charge >= 0.3 is 0 Å². The van der Waals surface area contributed by atoms with Gasteiger partial charge in [0.2, 0.25) is 0 Å². The molecule has 0 radical (unpaired) electrons. The Kier molecular flexibility index (Phi) is 2.70. The van der Waals surface area contributed by atoms with Gasteiger partial charge in [-0.3, -0.25) is 0 Å². The first-order valence-corrected chi connectivity index (χ1v) is 6.70. The predicted molar refractivity (Wildman–Crippen MR) is 65.5 cm³/mol. The molecule has 1 nitrogen and oxygen atoms in total. The highest BCUT2D eigenvalue weighted by molar-refractivity contribution is 5.39. The highest BCUT2D eigenvalue weighted by Gasteiger charge is 2.44. The summed E-state index contributed by atoms with van der Waals surface area (Å²) in [4.78, 5) is 0. The highest BCUT2D eigenvalue weighted by atomic mass is 19.1. The highest BCUT2D eigenvalue weighted by Crippen LogP contribution is 2.47. The van der Waals surface area contributed by atoms with Gasteiger partial charge in [0, 0.05) is 5.41 Å². The zero-order valence-electron chi connectivity index (χ0n) is 10.1. The molecule has 1 spiro atoms. The first-order chi connectivity index (χ1) is 8.24. The van der Waals surface area contributed by atoms with Crippen molar-refractivity contribution in [2.75, 3.05) is 0 Å². The van der Waals surface area contributed by atoms with E-state index in [4.69, 9.17) is 0 Å². The fraction of sp³-hybridized carbons (Fsp3) is 0.600. The SMILES string of the molecule is OC1CCc2c(F)cccc2C12CCCCC2. The molecule has 1 aromatic carbocycles. The van der Waals surface area contributed by atoms with Crippen molar-refractivity contribution < 1.29 is 9.50 Å². The smallest absolute Gasteiger partial charge is 0.126 e. The molecule has 0 aliphatic heterocycles. The Morgan fingerprint density at radius 1 is 1.18 bits per heavy atom. The molecule has 1 saturated carbocycles. The number of hydrogen-bond donors (Lipinski definition) is 1. The van der Waals surface area contributed by atoms with Crippen LogP contribution < -0.4 is 0 Å². The predicted octanol–water partition coefficient (Wildman–Crippen LogP) is 3.33. The molecule has 3 rings (SSSR count). The molecule has 1 aromatic rings. The summed E-state index contributed by atoms with van der Waals surface area (Å²) in [5.74, 6) is -0.0839. The van der Waals surface area contributed by atoms with Gasteiger partial charge in [-0.15, -0.1) is 0 Å². The number of hydrogen-bond acceptors (Lipinski definition) is 1. The number of aliphatic hydroxyl groups is 1. The lowest BCUT2D eigenvalue weighted by Crippen LogP contribution is -2.45. The summed E-state index contributed by atoms with van der Waals surface area (Å²) < 4.78 is 13.9. The third-order valence-corrected chi connectivity index (χ3v) is 4.71. The van der Waals surface area contributed by atoms with Gasteiger partial charge in [-0.25, -0.2) is 4.39 Å². The van der Waals surface area contributed by atoms with Crippen molar-refractivity contribution in [1.82, 2.24) is 0 Å². The maximum Gasteiger partial charge on any atom is 0.126 e. The van der Waals surface area contributed by atoms with Crippen LogP contribution in [0.5, 0.6) is 0 Å². The lowest BCUT2D eigenvalue weighted by atomic mass is 9.61. The molecule has 1 N–H and O–H groups in total. The van der Waals surface area contributed by atoms with Crippen LogP contribution in [0.15, 0.2) is 18.2 Å². The fourth-order valence-corrected chi connectivity index (χ4v) is 3.80. The van der Waals surface area contributed by atoms with Crippen LogP contribution in [0.3, 0.4) is 0 Å². The van der Waals surface area contributed by atoms with E-state index in [0.717, 1.165) is 36.8 Å². The van der Waals surface area contributed by atoms with E-state index in [2.05, 4.69) is 0 Å². The Hall–Kier alpha value is -0.890. The molecule has 0 bridgehead atoms. The average molecular weight is 234 g/mol. The molecule has 2 heteroatoms. The number of aliphatic hydroxyl groups excluding tert-OH is 1. The molecule has 0 saturated heterocycles. The standard InChI is InChI=1S/C15H19FO/c16-13-6-4-5-12-11(13)7-8-14(17)15(12)9-2-1-3-10-15/h4-6,14,17H,1-3,7-10H2. The van der Waals surface area contributed by atoms with Crippen LogP contribution in [0.4, 0.5) is 4.39 Å². The van der Waals surface area contributed by atoms with E-state index in [9.17, 15) is 9.50 Å². The molecular formula is C15H19FO. The van der Waals surface area contributed by atoms with E-state index >= 15 is 0 Å². The van der Waals surface area contributed by atoms with Crippen LogP contribution in [-0.4, -0.2) is 11.2 Å². The van der Waals surface area contributed by atoms with Gasteiger partial charge in [-0.1, -0.05) is 31.4 Å². The van der Waals surface area contributed by atoms with Crippen LogP contribution in [0.1, 0.15) is 49.7 Å². The van der Waals surface area contributed by atoms with Gasteiger partial charge in [0.25, 0.3) is 0 Å². The lowest BCUT2D eigenvalue weighted by molar-refractivity contribution is 0.0383. The van der Waals surface area contributed by atoms with Crippen molar-refractivity contribution in [3.63, 3.8) is 0 Å². The summed E-state index contributed by atoms with van der Waals surface area (Å²) in [6.07, 6.45) is 6.73. The second-order valence-corrected chi connectivity index (χ2v) is 5.54. The molecule has 0 heterocycles. The molecular weight excluding hydrogens is 215 g/mol. The molecule has 0 amide bonds. The third kappa shape index (κ3) is 1.61. The van der Waals surface area contributed by atoms with Crippen LogP contribution in [0.2, 0.25) is 0 Å². The summed E-state index contributed by atoms with van der Waals surface area (Å²) in [5, 5.41) is 10.4. The molecule has 17 heavy (non-hydrogen) atoms. The van der Waals surface area contributed by atoms with E-state index in [-0.39, 0.29) is 17.3 Å². The van der Waals surface area contributed by atoms with Crippen molar-refractivity contribution in [2.45, 2.75) is 56.5 Å². The Labute approximate surface area is 102 Å². The van der Waals surface area contributed by atoms with E-state index < -0.39 is 0 Å². The Bertz CT molecular complexity index is 421. The maximum atomic E-state index is 13.9. The van der Waals surface area contributed by atoms with Crippen LogP contribution in [0, 0.1) is 5.82 Å². The molecule has 92 valence electrons. The summed E-state index contributed by atoms with van der Waals surface area (Å²) >= 11 is 0. The lowest BCUT2D eigenvalue weighted by Gasteiger charge is -2.45. The van der Waals surface area contributed by atoms with Gasteiger partial charge in [0.1, 0.15) is 5.82 Å². The van der Waals surface area contributed by atoms with Crippen molar-refractivity contribution in [2.24, 2.45) is 0 Å². The summed E-state index contributed by atoms with van der Waals surface area (Å²) in [6, 6.07) is 5.38. The van der Waals surface area contributed by atoms with Gasteiger partial charge in [0.15, 0.2) is 0 Å². The minimum absolute atomic E-state index is 0.0839. The fourth-order valence-electron chi connectivity index (χ4n) is 3.80. The normalized spacial score (nSPS) is 26.8. The van der Waals surface area contributed by atoms with Crippen LogP contribution in [0.25, 0.3) is 0 Å². The molecule has 2 aliphatic carbocycles. The van der Waals surface area contributed by atoms with Gasteiger partial charge < -0.3 is 5.11 Å². The van der Waals surface area contributed by atoms with Gasteiger partial charge in [-0.05, 0) is 42.9 Å². The topological polar surface area (TPSA) is 20.2 Å². The summed E-state index contributed by atoms with van der Waals surface area (Å²) in [5.41, 5.74) is 1.81. The van der Waals surface area contributed by atoms with Crippen molar-refractivity contribution in [3.05, 3.63) is 35.1 Å². The molecule has 2 aliphatic rings. The third-order valence-electron chi connectivity index (χ3n) is 4.71. The van der Waals surface area contributed by atoms with E-state index in [1.807, 2.05) is 6.07 Å². The maximum absolute atomic E-state index is 13.9. The largest absolute Gasteiger partial charge is 0.392 e. The first kappa shape index (κ1) is 11.2. The Morgan fingerprint density at radius 3 is 2.71 bits per heavy atom. The number of fused-ring (bicyclic) bond motifs is 2. The molecule has 1 atom stereocenters. The van der Waals surface area contributed by atoms with Gasteiger partial charge in [0.05, 0.1) is 6.10 Å². The van der Waals surface area contributed by atoms with E-state index in [1.54, 1.807) is 12.1 Å². The minimum Gasteiger partial charge on any atom is -0.392 e. The molecule has 1 unspecified atom stereocenters. The Morgan fingerprint density at radius 2 is 1.94 bits per heavy atom. The second-order valence-electron chi connectivity index (χ2n) is 5.54. The van der Waals surface area contributed by atoms with E-state index in [0.29, 0.717) is 12.8 Å². The zero-order valence-corrected chi connectivity index (χ0v) is 10.1. The Balaban J connectivity index is 2.12. The van der Waals surface area contributed by atoms with E-state index in [1.165, 1.54) is 6.42 Å².